The third-order valence-corrected chi connectivity index (χ3v) is 15.2. The fraction of sp³-hybridized carbons (Fsp3) is 0.179. The Kier molecular flexibility index (Phi) is 7.70. The number of thiophene rings is 1. The second-order valence-corrected chi connectivity index (χ2v) is 18.1. The van der Waals surface area contributed by atoms with Gasteiger partial charge in [0.15, 0.2) is 0 Å². The molecule has 9 aromatic carbocycles. The number of benzene rings is 9. The number of hydrogen-bond donors (Lipinski definition) is 0. The second kappa shape index (κ2) is 13.2. The monoisotopic (exact) mass is 748 g/mol. The van der Waals surface area contributed by atoms with Crippen LogP contribution in [0.1, 0.15) is 50.5 Å². The van der Waals surface area contributed by atoms with E-state index in [9.17, 15) is 0 Å². The fourth-order valence-electron chi connectivity index (χ4n) is 11.8. The van der Waals surface area contributed by atoms with Gasteiger partial charge in [-0.05, 0) is 144 Å². The van der Waals surface area contributed by atoms with Crippen LogP contribution in [0, 0.1) is 17.8 Å². The van der Waals surface area contributed by atoms with Crippen LogP contribution >= 0.6 is 11.3 Å². The highest BCUT2D eigenvalue weighted by atomic mass is 32.1. The van der Waals surface area contributed by atoms with Gasteiger partial charge in [0.1, 0.15) is 0 Å². The summed E-state index contributed by atoms with van der Waals surface area (Å²) in [4.78, 5) is 0. The predicted octanol–water partition coefficient (Wildman–Crippen LogP) is 16.6. The Labute approximate surface area is 338 Å². The van der Waals surface area contributed by atoms with Gasteiger partial charge in [0, 0.05) is 20.2 Å². The Morgan fingerprint density at radius 2 is 0.877 bits per heavy atom. The maximum atomic E-state index is 2.45. The van der Waals surface area contributed by atoms with Crippen molar-refractivity contribution in [2.24, 2.45) is 17.8 Å². The normalized spacial score (nSPS) is 19.5. The van der Waals surface area contributed by atoms with Crippen LogP contribution < -0.4 is 0 Å². The molecule has 0 radical (unpaired) electrons. The summed E-state index contributed by atoms with van der Waals surface area (Å²) in [5, 5.41) is 13.6. The topological polar surface area (TPSA) is 0 Å². The van der Waals surface area contributed by atoms with Gasteiger partial charge in [-0.1, -0.05) is 165 Å². The molecule has 0 N–H and O–H groups in total. The van der Waals surface area contributed by atoms with E-state index in [0.717, 1.165) is 17.8 Å². The smallest absolute Gasteiger partial charge is 0.0361 e. The van der Waals surface area contributed by atoms with Gasteiger partial charge in [-0.3, -0.25) is 0 Å². The summed E-state index contributed by atoms with van der Waals surface area (Å²) >= 11 is 1.94. The first-order chi connectivity index (χ1) is 28.2. The van der Waals surface area contributed by atoms with Gasteiger partial charge >= 0.3 is 0 Å². The van der Waals surface area contributed by atoms with Crippen molar-refractivity contribution in [3.05, 3.63) is 169 Å². The Balaban J connectivity index is 1.17. The van der Waals surface area contributed by atoms with Crippen LogP contribution in [0.3, 0.4) is 0 Å². The first-order valence-corrected chi connectivity index (χ1v) is 21.9. The van der Waals surface area contributed by atoms with E-state index in [1.54, 1.807) is 5.56 Å². The van der Waals surface area contributed by atoms with Crippen LogP contribution in [0.5, 0.6) is 0 Å². The molecule has 1 aromatic heterocycles. The first-order valence-electron chi connectivity index (χ1n) is 21.1. The summed E-state index contributed by atoms with van der Waals surface area (Å²) in [6.45, 7) is 2.41. The summed E-state index contributed by atoms with van der Waals surface area (Å²) < 4.78 is 2.68. The van der Waals surface area contributed by atoms with Crippen molar-refractivity contribution < 1.29 is 0 Å². The highest BCUT2D eigenvalue weighted by Gasteiger charge is 2.42. The molecule has 1 heterocycles. The van der Waals surface area contributed by atoms with Gasteiger partial charge in [0.05, 0.1) is 0 Å². The molecule has 57 heavy (non-hydrogen) atoms. The molecule has 2 aliphatic carbocycles. The highest BCUT2D eigenvalue weighted by molar-refractivity contribution is 7.26. The van der Waals surface area contributed by atoms with Crippen molar-refractivity contribution in [2.45, 2.75) is 44.9 Å². The molecule has 10 aromatic rings. The van der Waals surface area contributed by atoms with Gasteiger partial charge in [0.2, 0.25) is 0 Å². The molecular weight excluding hydrogens is 705 g/mol. The van der Waals surface area contributed by atoms with Crippen LogP contribution in [-0.2, 0) is 0 Å². The van der Waals surface area contributed by atoms with Crippen LogP contribution in [0.15, 0.2) is 164 Å². The summed E-state index contributed by atoms with van der Waals surface area (Å²) in [6.07, 6.45) is 6.88. The lowest BCUT2D eigenvalue weighted by molar-refractivity contribution is 0.250. The van der Waals surface area contributed by atoms with Gasteiger partial charge < -0.3 is 0 Å². The average Bonchev–Trinajstić information content (AvgIpc) is 3.80. The zero-order valence-corrected chi connectivity index (χ0v) is 33.2. The molecule has 2 saturated carbocycles. The van der Waals surface area contributed by atoms with E-state index in [1.807, 2.05) is 11.3 Å². The highest BCUT2D eigenvalue weighted by Crippen LogP contribution is 2.57. The van der Waals surface area contributed by atoms with Gasteiger partial charge in [0.25, 0.3) is 0 Å². The zero-order chi connectivity index (χ0) is 37.6. The quantitative estimate of drug-likeness (QED) is 0.154. The van der Waals surface area contributed by atoms with Crippen molar-refractivity contribution in [3.8, 4) is 33.4 Å². The van der Waals surface area contributed by atoms with Gasteiger partial charge in [-0.25, -0.2) is 0 Å². The van der Waals surface area contributed by atoms with Crippen molar-refractivity contribution in [1.29, 1.82) is 0 Å². The van der Waals surface area contributed by atoms with Crippen molar-refractivity contribution in [2.75, 3.05) is 0 Å². The maximum Gasteiger partial charge on any atom is 0.0361 e. The lowest BCUT2D eigenvalue weighted by Gasteiger charge is -2.29. The van der Waals surface area contributed by atoms with E-state index >= 15 is 0 Å². The Hall–Kier alpha value is -5.76. The van der Waals surface area contributed by atoms with Gasteiger partial charge in [-0.15, -0.1) is 11.3 Å². The second-order valence-electron chi connectivity index (χ2n) is 17.0. The number of fused-ring (bicyclic) bond motifs is 9. The molecule has 0 aliphatic heterocycles. The number of rotatable bonds is 5. The minimum absolute atomic E-state index is 0.625. The molecule has 2 bridgehead atoms. The molecule has 274 valence electrons. The van der Waals surface area contributed by atoms with E-state index in [1.165, 1.54) is 129 Å². The van der Waals surface area contributed by atoms with E-state index < -0.39 is 0 Å². The lowest BCUT2D eigenvalue weighted by atomic mass is 9.75. The number of hydrogen-bond acceptors (Lipinski definition) is 1. The minimum atomic E-state index is 0.625. The third-order valence-electron chi connectivity index (χ3n) is 14.1. The standard InChI is InChI=1S/C56H44S/c1-2-34-30-35-32-37(31-34)48(33-35)54-44-24-12-10-22-42(44)53(43-23-11-13-25-45(43)54)47-27-15-29-50-56(47)55-46(26-14-28-49(55)57-50)52-40-20-8-6-18-38(40)51(36-16-4-3-5-17-36)39-19-7-9-21-41(39)52/h3-29,34-35,37,48H,2,30-33H2,1H3. The molecular formula is C56H44S. The SMILES string of the molecule is CCC1CC2CC(C1)C(c1c3ccccc3c(-c3cccc4sc5cccc(-c6c7ccccc7c(-c7ccccc7)c7ccccc67)c5c34)c3ccccc13)C2. The van der Waals surface area contributed by atoms with Gasteiger partial charge in [-0.2, -0.15) is 0 Å². The molecule has 2 aliphatic rings. The van der Waals surface area contributed by atoms with Crippen molar-refractivity contribution in [3.63, 3.8) is 0 Å². The molecule has 0 spiro atoms. The molecule has 2 fully saturated rings. The van der Waals surface area contributed by atoms with Crippen LogP contribution in [0.25, 0.3) is 96.6 Å². The Morgan fingerprint density at radius 3 is 1.39 bits per heavy atom. The molecule has 0 amide bonds. The molecule has 4 atom stereocenters. The summed E-state index contributed by atoms with van der Waals surface area (Å²) in [5.74, 6) is 3.17. The predicted molar refractivity (Wildman–Crippen MR) is 248 cm³/mol. The molecule has 1 heteroatoms. The fourth-order valence-corrected chi connectivity index (χ4v) is 13.0. The summed E-state index contributed by atoms with van der Waals surface area (Å²) in [5.41, 5.74) is 9.54. The van der Waals surface area contributed by atoms with Crippen LogP contribution in [-0.4, -0.2) is 0 Å². The van der Waals surface area contributed by atoms with Crippen molar-refractivity contribution in [1.82, 2.24) is 0 Å². The van der Waals surface area contributed by atoms with E-state index in [-0.39, 0.29) is 0 Å². The van der Waals surface area contributed by atoms with Crippen molar-refractivity contribution >= 4 is 74.6 Å². The van der Waals surface area contributed by atoms with E-state index in [0.29, 0.717) is 5.92 Å². The largest absolute Gasteiger partial charge is 0.135 e. The summed E-state index contributed by atoms with van der Waals surface area (Å²) in [7, 11) is 0. The molecule has 0 saturated heterocycles. The first kappa shape index (κ1) is 33.4. The minimum Gasteiger partial charge on any atom is -0.135 e. The zero-order valence-electron chi connectivity index (χ0n) is 32.3. The lowest BCUT2D eigenvalue weighted by Crippen LogP contribution is -2.16. The Morgan fingerprint density at radius 1 is 0.421 bits per heavy atom. The van der Waals surface area contributed by atoms with E-state index in [4.69, 9.17) is 0 Å². The summed E-state index contributed by atoms with van der Waals surface area (Å²) in [6, 6.07) is 62.1. The maximum absolute atomic E-state index is 2.45. The Bertz CT molecular complexity index is 3090. The molecule has 4 unspecified atom stereocenters. The molecule has 0 nitrogen and oxygen atoms in total. The third kappa shape index (κ3) is 5.04. The van der Waals surface area contributed by atoms with Crippen LogP contribution in [0.4, 0.5) is 0 Å². The van der Waals surface area contributed by atoms with E-state index in [2.05, 4.69) is 171 Å². The molecule has 12 rings (SSSR count). The van der Waals surface area contributed by atoms with Crippen LogP contribution in [0.2, 0.25) is 0 Å². The average molecular weight is 749 g/mol.